The van der Waals surface area contributed by atoms with E-state index >= 15 is 0 Å². The minimum absolute atomic E-state index is 0.119. The summed E-state index contributed by atoms with van der Waals surface area (Å²) in [6.07, 6.45) is -4.94. The van der Waals surface area contributed by atoms with Crippen LogP contribution in [-0.4, -0.2) is 60.2 Å². The molecule has 1 aliphatic rings. The van der Waals surface area contributed by atoms with Crippen molar-refractivity contribution in [3.63, 3.8) is 0 Å². The van der Waals surface area contributed by atoms with Gasteiger partial charge in [0.2, 0.25) is 5.91 Å². The van der Waals surface area contributed by atoms with Crippen molar-refractivity contribution in [2.24, 2.45) is 0 Å². The van der Waals surface area contributed by atoms with Gasteiger partial charge in [0.1, 0.15) is 24.9 Å². The van der Waals surface area contributed by atoms with E-state index in [0.717, 1.165) is 5.56 Å². The molecule has 198 valence electrons. The predicted molar refractivity (Wildman–Crippen MR) is 136 cm³/mol. The Hall–Kier alpha value is -4.05. The molecule has 38 heavy (non-hydrogen) atoms. The average molecular weight is 520 g/mol. The third kappa shape index (κ3) is 7.04. The Balaban J connectivity index is 1.56. The number of esters is 2. The van der Waals surface area contributed by atoms with Gasteiger partial charge in [0, 0.05) is 6.92 Å². The van der Waals surface area contributed by atoms with Crippen LogP contribution in [0.3, 0.4) is 0 Å². The molecule has 0 spiro atoms. The van der Waals surface area contributed by atoms with Crippen LogP contribution in [0.1, 0.15) is 33.2 Å². The Labute approximate surface area is 220 Å². The fourth-order valence-corrected chi connectivity index (χ4v) is 4.06. The summed E-state index contributed by atoms with van der Waals surface area (Å²) < 4.78 is 23.1. The number of benzene rings is 3. The maximum atomic E-state index is 12.9. The summed E-state index contributed by atoms with van der Waals surface area (Å²) in [6, 6.07) is 24.9. The summed E-state index contributed by atoms with van der Waals surface area (Å²) in [7, 11) is 0. The van der Waals surface area contributed by atoms with Gasteiger partial charge in [0.15, 0.2) is 12.4 Å². The van der Waals surface area contributed by atoms with Crippen molar-refractivity contribution in [2.45, 2.75) is 44.2 Å². The van der Waals surface area contributed by atoms with Gasteiger partial charge in [-0.3, -0.25) is 4.79 Å². The number of carbonyl (C=O) groups excluding carboxylic acids is 3. The number of hydrogen-bond donors (Lipinski definition) is 2. The lowest BCUT2D eigenvalue weighted by Crippen LogP contribution is -2.65. The van der Waals surface area contributed by atoms with Gasteiger partial charge in [0.05, 0.1) is 17.7 Å². The number of amides is 1. The molecule has 3 aromatic rings. The van der Waals surface area contributed by atoms with Crippen LogP contribution in [0.4, 0.5) is 0 Å². The highest BCUT2D eigenvalue weighted by Crippen LogP contribution is 2.27. The molecule has 2 N–H and O–H groups in total. The highest BCUT2D eigenvalue weighted by atomic mass is 16.7. The smallest absolute Gasteiger partial charge is 0.338 e. The Kier molecular flexibility index (Phi) is 9.21. The Bertz CT molecular complexity index is 1210. The lowest BCUT2D eigenvalue weighted by atomic mass is 9.96. The molecule has 0 bridgehead atoms. The molecule has 0 aliphatic carbocycles. The van der Waals surface area contributed by atoms with Crippen LogP contribution >= 0.6 is 0 Å². The van der Waals surface area contributed by atoms with Crippen LogP contribution in [0.25, 0.3) is 0 Å². The Morgan fingerprint density at radius 3 is 1.97 bits per heavy atom. The van der Waals surface area contributed by atoms with Crippen molar-refractivity contribution in [3.05, 3.63) is 108 Å². The van der Waals surface area contributed by atoms with Crippen molar-refractivity contribution < 1.29 is 38.4 Å². The van der Waals surface area contributed by atoms with Gasteiger partial charge in [-0.05, 0) is 29.8 Å². The van der Waals surface area contributed by atoms with Crippen LogP contribution in [0, 0.1) is 0 Å². The highest BCUT2D eigenvalue weighted by Gasteiger charge is 2.49. The first kappa shape index (κ1) is 27.0. The molecule has 9 heteroatoms. The summed E-state index contributed by atoms with van der Waals surface area (Å²) in [4.78, 5) is 37.5. The third-order valence-electron chi connectivity index (χ3n) is 5.94. The van der Waals surface area contributed by atoms with Gasteiger partial charge in [-0.2, -0.15) is 0 Å². The monoisotopic (exact) mass is 519 g/mol. The number of carbonyl (C=O) groups is 3. The summed E-state index contributed by atoms with van der Waals surface area (Å²) in [5.74, 6) is -1.74. The molecule has 0 unspecified atom stereocenters. The molecular formula is C29H29NO8. The summed E-state index contributed by atoms with van der Waals surface area (Å²) >= 11 is 0. The molecule has 9 nitrogen and oxygen atoms in total. The zero-order valence-corrected chi connectivity index (χ0v) is 20.8. The number of aliphatic hydroxyl groups is 1. The minimum atomic E-state index is -1.44. The second kappa shape index (κ2) is 13.0. The highest BCUT2D eigenvalue weighted by molar-refractivity contribution is 5.90. The largest absolute Gasteiger partial charge is 0.459 e. The number of hydrogen-bond acceptors (Lipinski definition) is 8. The Morgan fingerprint density at radius 2 is 1.39 bits per heavy atom. The fourth-order valence-electron chi connectivity index (χ4n) is 4.06. The van der Waals surface area contributed by atoms with Crippen molar-refractivity contribution in [2.75, 3.05) is 6.61 Å². The first-order chi connectivity index (χ1) is 18.4. The molecule has 0 saturated carbocycles. The molecule has 5 atom stereocenters. The zero-order chi connectivity index (χ0) is 26.9. The lowest BCUT2D eigenvalue weighted by molar-refractivity contribution is -0.272. The number of ether oxygens (including phenoxy) is 4. The molecule has 1 amide bonds. The predicted octanol–water partition coefficient (Wildman–Crippen LogP) is 2.88. The van der Waals surface area contributed by atoms with E-state index in [9.17, 15) is 19.5 Å². The summed E-state index contributed by atoms with van der Waals surface area (Å²) in [5, 5.41) is 13.9. The van der Waals surface area contributed by atoms with Crippen LogP contribution < -0.4 is 5.32 Å². The van der Waals surface area contributed by atoms with Crippen LogP contribution in [0.2, 0.25) is 0 Å². The van der Waals surface area contributed by atoms with Gasteiger partial charge in [-0.1, -0.05) is 66.7 Å². The molecule has 4 rings (SSSR count). The summed E-state index contributed by atoms with van der Waals surface area (Å²) in [5.41, 5.74) is 1.44. The van der Waals surface area contributed by atoms with E-state index in [1.165, 1.54) is 6.92 Å². The fraction of sp³-hybridized carbons (Fsp3) is 0.276. The number of rotatable bonds is 9. The van der Waals surface area contributed by atoms with Crippen molar-refractivity contribution >= 4 is 17.8 Å². The lowest BCUT2D eigenvalue weighted by Gasteiger charge is -2.43. The van der Waals surface area contributed by atoms with E-state index in [2.05, 4.69) is 5.32 Å². The molecule has 3 aromatic carbocycles. The number of nitrogens with one attached hydrogen (secondary N) is 1. The summed E-state index contributed by atoms with van der Waals surface area (Å²) in [6.45, 7) is 1.07. The van der Waals surface area contributed by atoms with E-state index in [0.29, 0.717) is 5.56 Å². The van der Waals surface area contributed by atoms with Crippen molar-refractivity contribution in [3.8, 4) is 0 Å². The van der Waals surface area contributed by atoms with Crippen LogP contribution in [0.5, 0.6) is 0 Å². The SMILES string of the molecule is CC(=O)N[C@@H]1[C@H](OCc2ccccc2)O[C@@H](COC(=O)c2ccccc2)[C@@H](O)[C@H]1OC(=O)c1ccccc1. The zero-order valence-electron chi connectivity index (χ0n) is 20.8. The standard InChI is InChI=1S/C29H29NO8/c1-19(31)30-24-26(38-28(34)22-15-9-4-10-16-22)25(32)23(18-35-27(33)21-13-7-3-8-14-21)37-29(24)36-17-20-11-5-2-6-12-20/h2-16,23-26,29,32H,17-18H2,1H3,(H,30,31)/t23-,24-,25+,26-,29+/m0/s1. The van der Waals surface area contributed by atoms with Crippen molar-refractivity contribution in [1.29, 1.82) is 0 Å². The van der Waals surface area contributed by atoms with Gasteiger partial charge < -0.3 is 29.4 Å². The van der Waals surface area contributed by atoms with Gasteiger partial charge in [0.25, 0.3) is 0 Å². The maximum absolute atomic E-state index is 12.9. The van der Waals surface area contributed by atoms with Gasteiger partial charge >= 0.3 is 11.9 Å². The normalized spacial score (nSPS) is 22.7. The van der Waals surface area contributed by atoms with Crippen LogP contribution in [0.15, 0.2) is 91.0 Å². The van der Waals surface area contributed by atoms with E-state index in [1.807, 2.05) is 30.3 Å². The number of aliphatic hydroxyl groups excluding tert-OH is 1. The molecule has 1 fully saturated rings. The third-order valence-corrected chi connectivity index (χ3v) is 5.94. The first-order valence-electron chi connectivity index (χ1n) is 12.2. The molecule has 0 radical (unpaired) electrons. The van der Waals surface area contributed by atoms with E-state index < -0.39 is 48.5 Å². The van der Waals surface area contributed by atoms with Gasteiger partial charge in [-0.15, -0.1) is 0 Å². The molecule has 1 heterocycles. The second-order valence-corrected chi connectivity index (χ2v) is 8.76. The quantitative estimate of drug-likeness (QED) is 0.414. The van der Waals surface area contributed by atoms with E-state index in [1.54, 1.807) is 60.7 Å². The van der Waals surface area contributed by atoms with E-state index in [-0.39, 0.29) is 18.8 Å². The molecular weight excluding hydrogens is 490 g/mol. The molecule has 1 saturated heterocycles. The first-order valence-corrected chi connectivity index (χ1v) is 12.2. The maximum Gasteiger partial charge on any atom is 0.338 e. The van der Waals surface area contributed by atoms with Gasteiger partial charge in [-0.25, -0.2) is 9.59 Å². The molecule has 1 aliphatic heterocycles. The molecule has 0 aromatic heterocycles. The minimum Gasteiger partial charge on any atom is -0.459 e. The van der Waals surface area contributed by atoms with E-state index in [4.69, 9.17) is 18.9 Å². The second-order valence-electron chi connectivity index (χ2n) is 8.76. The van der Waals surface area contributed by atoms with Crippen LogP contribution in [-0.2, 0) is 30.3 Å². The Morgan fingerprint density at radius 1 is 0.842 bits per heavy atom. The topological polar surface area (TPSA) is 120 Å². The average Bonchev–Trinajstić information content (AvgIpc) is 2.95. The van der Waals surface area contributed by atoms with Crippen molar-refractivity contribution in [1.82, 2.24) is 5.32 Å².